The van der Waals surface area contributed by atoms with E-state index in [2.05, 4.69) is 15.4 Å². The zero-order chi connectivity index (χ0) is 28.4. The molecule has 39 heavy (non-hydrogen) atoms. The van der Waals surface area contributed by atoms with Crippen molar-refractivity contribution in [2.45, 2.75) is 58.9 Å². The fourth-order valence-corrected chi connectivity index (χ4v) is 8.16. The fourth-order valence-electron chi connectivity index (χ4n) is 6.13. The lowest BCUT2D eigenvalue weighted by atomic mass is 9.70. The van der Waals surface area contributed by atoms with E-state index >= 15 is 0 Å². The molecule has 0 heterocycles. The molecule has 9 nitrogen and oxygen atoms in total. The first kappa shape index (κ1) is 28.8. The highest BCUT2D eigenvalue weighted by Gasteiger charge is 2.65. The summed E-state index contributed by atoms with van der Waals surface area (Å²) in [4.78, 5) is 36.8. The van der Waals surface area contributed by atoms with Gasteiger partial charge in [0.05, 0.1) is 5.75 Å². The van der Waals surface area contributed by atoms with Gasteiger partial charge in [0.2, 0.25) is 10.0 Å². The molecule has 0 spiro atoms. The van der Waals surface area contributed by atoms with Gasteiger partial charge in [0.15, 0.2) is 0 Å². The number of urea groups is 1. The number of anilines is 1. The molecule has 2 aliphatic rings. The number of fused-ring (bicyclic) bond motifs is 2. The van der Waals surface area contributed by atoms with Crippen molar-refractivity contribution >= 4 is 33.5 Å². The van der Waals surface area contributed by atoms with Crippen molar-refractivity contribution in [1.29, 1.82) is 0 Å². The summed E-state index contributed by atoms with van der Waals surface area (Å²) in [5, 5.41) is 15.4. The van der Waals surface area contributed by atoms with Crippen molar-refractivity contribution < 1.29 is 27.9 Å². The average molecular weight is 556 g/mol. The first-order chi connectivity index (χ1) is 18.4. The van der Waals surface area contributed by atoms with Gasteiger partial charge in [-0.05, 0) is 65.8 Å². The maximum atomic E-state index is 13.2. The summed E-state index contributed by atoms with van der Waals surface area (Å²) < 4.78 is 28.7. The van der Waals surface area contributed by atoms with Gasteiger partial charge < -0.3 is 15.7 Å². The number of carbonyl (C=O) groups excluding carboxylic acids is 2. The maximum Gasteiger partial charge on any atom is 0.322 e. The minimum Gasteiger partial charge on any atom is -0.480 e. The average Bonchev–Trinajstić information content (AvgIpc) is 3.21. The van der Waals surface area contributed by atoms with Crippen LogP contribution < -0.4 is 15.4 Å². The highest BCUT2D eigenvalue weighted by molar-refractivity contribution is 7.89. The number of carboxylic acids is 1. The number of benzene rings is 2. The van der Waals surface area contributed by atoms with Crippen LogP contribution >= 0.6 is 0 Å². The van der Waals surface area contributed by atoms with Crippen LogP contribution in [0, 0.1) is 16.7 Å². The van der Waals surface area contributed by atoms with Gasteiger partial charge in [-0.1, -0.05) is 57.2 Å². The number of hydrogen-bond donors (Lipinski definition) is 4. The molecular weight excluding hydrogens is 518 g/mol. The quantitative estimate of drug-likeness (QED) is 0.328. The SMILES string of the molecule is CCCNC(=O)Nc1cccc(-c2ccc(C[C@H](NS(=O)(=O)C[C@@]34CC[C@@H](CC3=O)C4(C)C)C(=O)O)cc2)c1. The summed E-state index contributed by atoms with van der Waals surface area (Å²) in [5.41, 5.74) is 1.62. The van der Waals surface area contributed by atoms with Gasteiger partial charge in [-0.3, -0.25) is 9.59 Å². The van der Waals surface area contributed by atoms with Crippen LogP contribution in [0.2, 0.25) is 0 Å². The van der Waals surface area contributed by atoms with Crippen molar-refractivity contribution in [1.82, 2.24) is 10.0 Å². The number of carbonyl (C=O) groups is 3. The first-order valence-corrected chi connectivity index (χ1v) is 15.0. The molecule has 0 aliphatic heterocycles. The number of rotatable bonds is 11. The molecule has 2 amide bonds. The fraction of sp³-hybridized carbons (Fsp3) is 0.483. The van der Waals surface area contributed by atoms with E-state index in [9.17, 15) is 27.9 Å². The van der Waals surface area contributed by atoms with Crippen molar-refractivity contribution in [2.24, 2.45) is 16.7 Å². The Morgan fingerprint density at radius 2 is 1.82 bits per heavy atom. The van der Waals surface area contributed by atoms with Crippen LogP contribution in [-0.2, 0) is 26.0 Å². The number of amides is 2. The van der Waals surface area contributed by atoms with E-state index in [0.717, 1.165) is 24.0 Å². The molecule has 2 bridgehead atoms. The Kier molecular flexibility index (Phi) is 8.18. The van der Waals surface area contributed by atoms with Crippen molar-refractivity contribution in [3.05, 3.63) is 54.1 Å². The molecule has 0 saturated heterocycles. The van der Waals surface area contributed by atoms with E-state index < -0.39 is 32.9 Å². The molecule has 2 saturated carbocycles. The van der Waals surface area contributed by atoms with E-state index in [-0.39, 0.29) is 29.9 Å². The van der Waals surface area contributed by atoms with E-state index in [1.165, 1.54) is 0 Å². The molecule has 2 aliphatic carbocycles. The summed E-state index contributed by atoms with van der Waals surface area (Å²) in [6.45, 7) is 6.46. The molecule has 4 rings (SSSR count). The normalized spacial score (nSPS) is 22.4. The van der Waals surface area contributed by atoms with Crippen LogP contribution in [0.3, 0.4) is 0 Å². The zero-order valence-corrected chi connectivity index (χ0v) is 23.4. The molecular formula is C29H37N3O6S. The Hall–Kier alpha value is -3.24. The summed E-state index contributed by atoms with van der Waals surface area (Å²) in [5.74, 6) is -1.52. The third kappa shape index (κ3) is 6.01. The second kappa shape index (κ2) is 11.1. The summed E-state index contributed by atoms with van der Waals surface area (Å²) in [6.07, 6.45) is 2.52. The molecule has 0 unspecified atom stereocenters. The summed E-state index contributed by atoms with van der Waals surface area (Å²) >= 11 is 0. The number of sulfonamides is 1. The van der Waals surface area contributed by atoms with Crippen molar-refractivity contribution in [3.8, 4) is 11.1 Å². The van der Waals surface area contributed by atoms with Gasteiger partial charge in [-0.2, -0.15) is 0 Å². The maximum absolute atomic E-state index is 13.2. The second-order valence-electron chi connectivity index (χ2n) is 11.3. The van der Waals surface area contributed by atoms with Crippen LogP contribution in [0.5, 0.6) is 0 Å². The number of ketones is 1. The second-order valence-corrected chi connectivity index (χ2v) is 13.1. The van der Waals surface area contributed by atoms with Crippen molar-refractivity contribution in [2.75, 3.05) is 17.6 Å². The predicted octanol–water partition coefficient (Wildman–Crippen LogP) is 4.20. The molecule has 10 heteroatoms. The van der Waals surface area contributed by atoms with Crippen LogP contribution in [-0.4, -0.2) is 49.6 Å². The largest absolute Gasteiger partial charge is 0.480 e. The summed E-state index contributed by atoms with van der Waals surface area (Å²) in [7, 11) is -4.04. The Morgan fingerprint density at radius 1 is 1.10 bits per heavy atom. The lowest BCUT2D eigenvalue weighted by molar-refractivity contribution is -0.138. The molecule has 3 atom stereocenters. The lowest BCUT2D eigenvalue weighted by Gasteiger charge is -2.36. The minimum absolute atomic E-state index is 0.0301. The number of hydrogen-bond acceptors (Lipinski definition) is 5. The lowest BCUT2D eigenvalue weighted by Crippen LogP contribution is -2.49. The molecule has 2 aromatic rings. The van der Waals surface area contributed by atoms with Gasteiger partial charge in [-0.25, -0.2) is 17.9 Å². The Bertz CT molecular complexity index is 1360. The van der Waals surface area contributed by atoms with E-state index in [1.807, 2.05) is 51.1 Å². The van der Waals surface area contributed by atoms with Crippen molar-refractivity contribution in [3.63, 3.8) is 0 Å². The molecule has 2 fully saturated rings. The first-order valence-electron chi connectivity index (χ1n) is 13.4. The number of carboxylic acid groups (broad SMARTS) is 1. The topological polar surface area (TPSA) is 142 Å². The van der Waals surface area contributed by atoms with Crippen LogP contribution in [0.15, 0.2) is 48.5 Å². The number of nitrogens with one attached hydrogen (secondary N) is 3. The highest BCUT2D eigenvalue weighted by atomic mass is 32.2. The van der Waals surface area contributed by atoms with Crippen LogP contribution in [0.25, 0.3) is 11.1 Å². The number of aliphatic carboxylic acids is 1. The predicted molar refractivity (Wildman–Crippen MR) is 150 cm³/mol. The monoisotopic (exact) mass is 555 g/mol. The van der Waals surface area contributed by atoms with Crippen LogP contribution in [0.4, 0.5) is 10.5 Å². The van der Waals surface area contributed by atoms with E-state index in [4.69, 9.17) is 0 Å². The van der Waals surface area contributed by atoms with Gasteiger partial charge in [0, 0.05) is 24.1 Å². The Balaban J connectivity index is 1.43. The zero-order valence-electron chi connectivity index (χ0n) is 22.6. The Labute approximate surface area is 229 Å². The molecule has 0 aromatic heterocycles. The summed E-state index contributed by atoms with van der Waals surface area (Å²) in [6, 6.07) is 12.9. The minimum atomic E-state index is -4.04. The standard InChI is InChI=1S/C29H37N3O6S/c1-4-14-30-27(36)31-23-7-5-6-21(16-23)20-10-8-19(9-11-20)15-24(26(34)35)32-39(37,38)18-29-13-12-22(17-25(29)33)28(29,2)3/h5-11,16,22,24,32H,4,12-15,17-18H2,1-3H3,(H,34,35)(H2,30,31,36)/t22-,24-,29-/m0/s1. The van der Waals surface area contributed by atoms with Crippen LogP contribution in [0.1, 0.15) is 52.0 Å². The highest BCUT2D eigenvalue weighted by Crippen LogP contribution is 2.64. The Morgan fingerprint density at radius 3 is 2.41 bits per heavy atom. The molecule has 0 radical (unpaired) electrons. The number of Topliss-reactive ketones (excluding diaryl/α,β-unsaturated/α-hetero) is 1. The van der Waals surface area contributed by atoms with E-state index in [0.29, 0.717) is 30.6 Å². The molecule has 4 N–H and O–H groups in total. The third-order valence-corrected chi connectivity index (χ3v) is 10.1. The third-order valence-electron chi connectivity index (χ3n) is 8.58. The van der Waals surface area contributed by atoms with Gasteiger partial charge in [0.25, 0.3) is 0 Å². The van der Waals surface area contributed by atoms with Gasteiger partial charge in [0.1, 0.15) is 11.8 Å². The molecule has 2 aromatic carbocycles. The van der Waals surface area contributed by atoms with E-state index in [1.54, 1.807) is 18.2 Å². The smallest absolute Gasteiger partial charge is 0.322 e. The molecule has 210 valence electrons. The van der Waals surface area contributed by atoms with Gasteiger partial charge >= 0.3 is 12.0 Å². The van der Waals surface area contributed by atoms with Gasteiger partial charge in [-0.15, -0.1) is 0 Å².